The number of nitrogens with zero attached hydrogens (tertiary/aromatic N) is 1. The van der Waals surface area contributed by atoms with E-state index in [1.54, 1.807) is 6.20 Å². The Bertz CT molecular complexity index is 531. The highest BCUT2D eigenvalue weighted by atomic mass is 16.4. The van der Waals surface area contributed by atoms with Gasteiger partial charge in [-0.15, -0.1) is 0 Å². The van der Waals surface area contributed by atoms with Crippen molar-refractivity contribution < 1.29 is 19.8 Å². The van der Waals surface area contributed by atoms with E-state index in [2.05, 4.69) is 10.3 Å². The van der Waals surface area contributed by atoms with Crippen molar-refractivity contribution in [3.05, 3.63) is 54.4 Å². The summed E-state index contributed by atoms with van der Waals surface area (Å²) >= 11 is 0. The number of anilines is 1. The molecule has 6 heteroatoms. The Morgan fingerprint density at radius 3 is 2.37 bits per heavy atom. The quantitative estimate of drug-likeness (QED) is 0.703. The molecule has 1 aliphatic heterocycles. The van der Waals surface area contributed by atoms with E-state index in [0.29, 0.717) is 12.2 Å². The Morgan fingerprint density at radius 1 is 1.11 bits per heavy atom. The summed E-state index contributed by atoms with van der Waals surface area (Å²) in [5.41, 5.74) is 2.22. The molecule has 0 unspecified atom stereocenters. The van der Waals surface area contributed by atoms with E-state index in [-0.39, 0.29) is 0 Å². The highest BCUT2D eigenvalue weighted by Gasteiger charge is 1.96. The highest BCUT2D eigenvalue weighted by Crippen LogP contribution is 2.13. The van der Waals surface area contributed by atoms with Crippen LogP contribution < -0.4 is 5.32 Å². The fourth-order valence-corrected chi connectivity index (χ4v) is 1.18. The van der Waals surface area contributed by atoms with Crippen molar-refractivity contribution in [1.82, 2.24) is 0 Å². The molecule has 1 aromatic rings. The first-order chi connectivity index (χ1) is 9.09. The average Bonchev–Trinajstić information content (AvgIpc) is 2.62. The van der Waals surface area contributed by atoms with E-state index in [0.717, 1.165) is 11.3 Å². The van der Waals surface area contributed by atoms with Crippen molar-refractivity contribution in [3.8, 4) is 0 Å². The third-order valence-electron chi connectivity index (χ3n) is 1.94. The van der Waals surface area contributed by atoms with Gasteiger partial charge in [-0.25, -0.2) is 9.59 Å². The second-order valence-corrected chi connectivity index (χ2v) is 3.34. The number of nitrogens with one attached hydrogen (secondary N) is 1. The van der Waals surface area contributed by atoms with Gasteiger partial charge in [0.2, 0.25) is 0 Å². The molecule has 6 nitrogen and oxygen atoms in total. The third-order valence-corrected chi connectivity index (χ3v) is 1.94. The van der Waals surface area contributed by atoms with Gasteiger partial charge < -0.3 is 15.5 Å². The molecule has 1 aliphatic rings. The van der Waals surface area contributed by atoms with E-state index >= 15 is 0 Å². The van der Waals surface area contributed by atoms with Crippen LogP contribution in [0.4, 0.5) is 5.69 Å². The van der Waals surface area contributed by atoms with Crippen LogP contribution in [0.15, 0.2) is 53.8 Å². The van der Waals surface area contributed by atoms with Gasteiger partial charge in [0, 0.05) is 42.0 Å². The number of rotatable bonds is 2. The van der Waals surface area contributed by atoms with Gasteiger partial charge >= 0.3 is 11.9 Å². The Kier molecular flexibility index (Phi) is 5.55. The van der Waals surface area contributed by atoms with Crippen LogP contribution >= 0.6 is 0 Å². The van der Waals surface area contributed by atoms with Gasteiger partial charge in [0.05, 0.1) is 0 Å². The molecule has 0 aromatic heterocycles. The summed E-state index contributed by atoms with van der Waals surface area (Å²) in [6.07, 6.45) is 6.51. The van der Waals surface area contributed by atoms with Gasteiger partial charge in [0.25, 0.3) is 0 Å². The fraction of sp³-hybridized carbons (Fsp3) is 0. The zero-order valence-electron chi connectivity index (χ0n) is 9.85. The molecule has 0 amide bonds. The lowest BCUT2D eigenvalue weighted by molar-refractivity contribution is -0.134. The second-order valence-electron chi connectivity index (χ2n) is 3.34. The molecular weight excluding hydrogens is 248 g/mol. The molecule has 0 atom stereocenters. The van der Waals surface area contributed by atoms with E-state index in [1.807, 2.05) is 36.7 Å². The molecule has 0 fully saturated rings. The maximum Gasteiger partial charge on any atom is 0.328 e. The molecule has 0 saturated heterocycles. The number of benzene rings is 1. The zero-order valence-corrected chi connectivity index (χ0v) is 9.85. The van der Waals surface area contributed by atoms with E-state index in [4.69, 9.17) is 10.2 Å². The number of carboxylic acid groups (broad SMARTS) is 2. The maximum absolute atomic E-state index is 9.55. The van der Waals surface area contributed by atoms with Gasteiger partial charge in [-0.2, -0.15) is 0 Å². The van der Waals surface area contributed by atoms with Gasteiger partial charge in [0.15, 0.2) is 0 Å². The molecule has 0 aliphatic carbocycles. The first-order valence-corrected chi connectivity index (χ1v) is 5.27. The molecule has 98 valence electrons. The largest absolute Gasteiger partial charge is 0.478 e. The summed E-state index contributed by atoms with van der Waals surface area (Å²) in [6.45, 7) is 0. The third kappa shape index (κ3) is 5.83. The summed E-state index contributed by atoms with van der Waals surface area (Å²) < 4.78 is 0. The maximum atomic E-state index is 9.55. The number of hydrogen-bond acceptors (Lipinski definition) is 4. The predicted molar refractivity (Wildman–Crippen MR) is 71.2 cm³/mol. The predicted octanol–water partition coefficient (Wildman–Crippen LogP) is 1.71. The summed E-state index contributed by atoms with van der Waals surface area (Å²) in [4.78, 5) is 23.2. The number of carbonyl (C=O) groups is 2. The Morgan fingerprint density at radius 2 is 1.74 bits per heavy atom. The SMILES string of the molecule is C1=CNc2ccccc2C=N1.O=C(O)/C=C\C(=O)O. The Labute approximate surface area is 109 Å². The normalized spacial score (nSPS) is 11.8. The monoisotopic (exact) mass is 260 g/mol. The molecular formula is C13H12N2O4. The van der Waals surface area contributed by atoms with E-state index < -0.39 is 11.9 Å². The number of para-hydroxylation sites is 1. The second kappa shape index (κ2) is 7.44. The summed E-state index contributed by atoms with van der Waals surface area (Å²) in [5.74, 6) is -2.51. The first kappa shape index (κ1) is 14.2. The standard InChI is InChI=1S/C9H8N2.C4H4O4/c1-2-4-9-8(3-1)7-10-5-6-11-9;5-3(6)1-2-4(7)8/h1-7,11H;1-2H,(H,5,6)(H,7,8)/b;2-1-. The number of hydrogen-bond donors (Lipinski definition) is 3. The van der Waals surface area contributed by atoms with Crippen LogP contribution in [0.2, 0.25) is 0 Å². The summed E-state index contributed by atoms with van der Waals surface area (Å²) in [7, 11) is 0. The number of fused-ring (bicyclic) bond motifs is 1. The van der Waals surface area contributed by atoms with Crippen LogP contribution in [0.3, 0.4) is 0 Å². The minimum Gasteiger partial charge on any atom is -0.478 e. The van der Waals surface area contributed by atoms with Crippen LogP contribution in [0.25, 0.3) is 0 Å². The van der Waals surface area contributed by atoms with Gasteiger partial charge in [-0.3, -0.25) is 4.99 Å². The highest BCUT2D eigenvalue weighted by molar-refractivity contribution is 5.89. The molecule has 1 heterocycles. The Hall–Kier alpha value is -2.89. The zero-order chi connectivity index (χ0) is 14.1. The number of aliphatic imine (C=N–C) groups is 1. The minimum atomic E-state index is -1.26. The first-order valence-electron chi connectivity index (χ1n) is 5.27. The molecule has 2 rings (SSSR count). The van der Waals surface area contributed by atoms with Gasteiger partial charge in [0.1, 0.15) is 0 Å². The van der Waals surface area contributed by atoms with Crippen LogP contribution in [-0.2, 0) is 9.59 Å². The molecule has 1 aromatic carbocycles. The summed E-state index contributed by atoms with van der Waals surface area (Å²) in [6, 6.07) is 8.05. The van der Waals surface area contributed by atoms with Crippen LogP contribution in [0.5, 0.6) is 0 Å². The smallest absolute Gasteiger partial charge is 0.328 e. The average molecular weight is 260 g/mol. The van der Waals surface area contributed by atoms with Crippen molar-refractivity contribution >= 4 is 23.8 Å². The molecule has 3 N–H and O–H groups in total. The van der Waals surface area contributed by atoms with Crippen molar-refractivity contribution in [1.29, 1.82) is 0 Å². The lowest BCUT2D eigenvalue weighted by atomic mass is 10.2. The van der Waals surface area contributed by atoms with Crippen molar-refractivity contribution in [3.63, 3.8) is 0 Å². The van der Waals surface area contributed by atoms with Crippen LogP contribution in [-0.4, -0.2) is 28.4 Å². The number of carboxylic acids is 2. The van der Waals surface area contributed by atoms with E-state index in [9.17, 15) is 9.59 Å². The molecule has 0 spiro atoms. The van der Waals surface area contributed by atoms with Crippen molar-refractivity contribution in [2.24, 2.45) is 4.99 Å². The van der Waals surface area contributed by atoms with Crippen molar-refractivity contribution in [2.45, 2.75) is 0 Å². The molecule has 0 saturated carbocycles. The topological polar surface area (TPSA) is 99.0 Å². The Balaban J connectivity index is 0.000000203. The van der Waals surface area contributed by atoms with Crippen LogP contribution in [0, 0.1) is 0 Å². The van der Waals surface area contributed by atoms with Crippen molar-refractivity contribution in [2.75, 3.05) is 5.32 Å². The molecule has 0 bridgehead atoms. The number of aliphatic carboxylic acids is 2. The molecule has 0 radical (unpaired) electrons. The molecule has 19 heavy (non-hydrogen) atoms. The lowest BCUT2D eigenvalue weighted by Crippen LogP contribution is -1.91. The van der Waals surface area contributed by atoms with Crippen LogP contribution in [0.1, 0.15) is 5.56 Å². The fourth-order valence-electron chi connectivity index (χ4n) is 1.18. The van der Waals surface area contributed by atoms with Gasteiger partial charge in [-0.1, -0.05) is 18.2 Å². The summed E-state index contributed by atoms with van der Waals surface area (Å²) in [5, 5.41) is 18.7. The minimum absolute atomic E-state index is 0.558. The lowest BCUT2D eigenvalue weighted by Gasteiger charge is -2.01. The van der Waals surface area contributed by atoms with Gasteiger partial charge in [-0.05, 0) is 6.07 Å². The van der Waals surface area contributed by atoms with E-state index in [1.165, 1.54) is 0 Å².